The lowest BCUT2D eigenvalue weighted by Gasteiger charge is -2.37. The molecule has 796 valence electrons. The number of fused-ring (bicyclic) bond motifs is 17. The number of carbonyl (C=O) groups is 9. The molecule has 19 rings (SSSR count). The Morgan fingerprint density at radius 1 is 0.399 bits per heavy atom. The molecule has 0 spiro atoms. The molecule has 7 fully saturated rings. The zero-order valence-corrected chi connectivity index (χ0v) is 89.4. The third kappa shape index (κ3) is 24.6. The van der Waals surface area contributed by atoms with Crippen LogP contribution in [0.2, 0.25) is 0 Å². The van der Waals surface area contributed by atoms with Crippen molar-refractivity contribution in [2.75, 3.05) is 19.6 Å². The third-order valence-electron chi connectivity index (χ3n) is 31.8. The van der Waals surface area contributed by atoms with Gasteiger partial charge in [0.15, 0.2) is 37.2 Å². The maximum atomic E-state index is 14.4. The van der Waals surface area contributed by atoms with Crippen LogP contribution in [0.25, 0.3) is 33.1 Å². The van der Waals surface area contributed by atoms with Crippen LogP contribution in [-0.4, -0.2) is 204 Å². The predicted octanol–water partition coefficient (Wildman–Crippen LogP) is 18.2. The number of alkyl carbamates (subject to hydrolysis) is 3. The minimum atomic E-state index is -0.917. The number of oxazole rings is 3. The van der Waals surface area contributed by atoms with E-state index in [4.69, 9.17) is 85.8 Å². The Hall–Kier alpha value is -12.7. The summed E-state index contributed by atoms with van der Waals surface area (Å²) >= 11 is 0. The van der Waals surface area contributed by atoms with Crippen LogP contribution < -0.4 is 44.4 Å². The van der Waals surface area contributed by atoms with E-state index in [0.717, 1.165) is 132 Å². The number of ketones is 3. The number of aryl methyl sites for hydroxylation is 6. The summed E-state index contributed by atoms with van der Waals surface area (Å²) in [6.45, 7) is 37.8. The molecule has 36 nitrogen and oxygen atoms in total. The van der Waals surface area contributed by atoms with Gasteiger partial charge in [-0.15, -0.1) is 0 Å². The van der Waals surface area contributed by atoms with Crippen LogP contribution in [0.3, 0.4) is 0 Å². The second kappa shape index (κ2) is 43.9. The van der Waals surface area contributed by atoms with Crippen molar-refractivity contribution in [1.29, 1.82) is 0 Å². The van der Waals surface area contributed by atoms with Gasteiger partial charge in [-0.3, -0.25) is 28.8 Å². The van der Waals surface area contributed by atoms with Crippen molar-refractivity contribution < 1.29 is 99.0 Å². The molecule has 6 aliphatic heterocycles. The molecule has 3 N–H and O–H groups in total. The smallest absolute Gasteiger partial charge is 0.408 e. The minimum absolute atomic E-state index is 0.140. The summed E-state index contributed by atoms with van der Waals surface area (Å²) in [4.78, 5) is 170. The fourth-order valence-corrected chi connectivity index (χ4v) is 23.4. The predicted molar refractivity (Wildman–Crippen MR) is 545 cm³/mol. The molecule has 12 heterocycles. The fourth-order valence-electron chi connectivity index (χ4n) is 23.4. The van der Waals surface area contributed by atoms with E-state index in [-0.39, 0.29) is 110 Å². The Labute approximate surface area is 864 Å². The highest BCUT2D eigenvalue weighted by Crippen LogP contribution is 2.58. The van der Waals surface area contributed by atoms with E-state index in [1.54, 1.807) is 33.3 Å². The number of hydrogen-bond donors (Lipinski definition) is 3. The number of amides is 6. The maximum absolute atomic E-state index is 14.4. The van der Waals surface area contributed by atoms with Crippen molar-refractivity contribution in [2.24, 2.45) is 63.6 Å². The Kier molecular flexibility index (Phi) is 31.6. The van der Waals surface area contributed by atoms with Gasteiger partial charge in [0.25, 0.3) is 0 Å². The van der Waals surface area contributed by atoms with Gasteiger partial charge in [-0.2, -0.15) is 0 Å². The van der Waals surface area contributed by atoms with Gasteiger partial charge in [0.1, 0.15) is 105 Å². The van der Waals surface area contributed by atoms with Gasteiger partial charge in [0.05, 0.1) is 89.5 Å². The zero-order chi connectivity index (χ0) is 105. The number of benzene rings is 3. The molecule has 4 saturated carbocycles. The topological polar surface area (TPSA) is 438 Å². The van der Waals surface area contributed by atoms with Crippen LogP contribution in [0.1, 0.15) is 285 Å². The minimum Gasteiger partial charge on any atom is -0.484 e. The van der Waals surface area contributed by atoms with Crippen molar-refractivity contribution in [3.05, 3.63) is 125 Å². The largest absolute Gasteiger partial charge is 0.484 e. The van der Waals surface area contributed by atoms with E-state index in [1.165, 1.54) is 27.2 Å². The Morgan fingerprint density at radius 2 is 0.743 bits per heavy atom. The number of rotatable bonds is 12. The summed E-state index contributed by atoms with van der Waals surface area (Å²) in [6.07, 6.45) is 20.6. The van der Waals surface area contributed by atoms with Gasteiger partial charge in [-0.1, -0.05) is 122 Å². The summed E-state index contributed by atoms with van der Waals surface area (Å²) in [5.74, 6) is 6.14. The number of aromatic nitrogens is 9. The summed E-state index contributed by atoms with van der Waals surface area (Å²) in [5, 5.41) is 8.71. The molecule has 3 aromatic carbocycles. The SMILES string of the molecule is CC(=O)[C@@H]1[C@H](C)[C@@H]2CN1C(=O)[C@H](C(C)(C)C)NC(=O)O[C@@H]1CC3CC3[C@H]1CCCCCc1nc3ccc(OCc4ncc(C)o4)cc3nc1O2.CC(=O)[C@@H]1[C@H](C)[C@@H]2CN1C(=O)[C@H](C(C)(C)C)NC(=O)O[C@]1(C)CCC[C@H]1CCCCCc1nc3ccc(OCc4ncc(C)o4)cc3nc1O2.CC(=O)[C@@H]1[C@H](C)[C@@H]2CN1C(=O)[C@H](C(C)(C)C)NC(=O)O[C@]1(C)C[C@H]1CCCCCc1nc3ccc(OCc4ncc(C)o4)cc3nc1O2. The highest BCUT2D eigenvalue weighted by Gasteiger charge is 2.58. The van der Waals surface area contributed by atoms with E-state index < -0.39 is 100 Å². The van der Waals surface area contributed by atoms with E-state index in [1.807, 2.05) is 172 Å². The Balaban J connectivity index is 0.000000151. The van der Waals surface area contributed by atoms with E-state index in [9.17, 15) is 43.2 Å². The first-order valence-electron chi connectivity index (χ1n) is 53.2. The van der Waals surface area contributed by atoms with Gasteiger partial charge in [0, 0.05) is 41.9 Å². The van der Waals surface area contributed by atoms with Gasteiger partial charge in [0.2, 0.25) is 53.0 Å². The molecule has 148 heavy (non-hydrogen) atoms. The van der Waals surface area contributed by atoms with Crippen molar-refractivity contribution in [3.8, 4) is 34.9 Å². The Morgan fingerprint density at radius 3 is 1.09 bits per heavy atom. The average Bonchev–Trinajstić information content (AvgIpc) is 1.60. The molecule has 36 heteroatoms. The fraction of sp³-hybridized carbons (Fsp3) is 0.625. The highest BCUT2D eigenvalue weighted by atomic mass is 16.6. The normalized spacial score (nSPS) is 28.9. The number of hydrogen-bond acceptors (Lipinski definition) is 30. The number of Topliss-reactive ketones (excluding diaryl/α,β-unsaturated/α-hetero) is 3. The van der Waals surface area contributed by atoms with Crippen LogP contribution >= 0.6 is 0 Å². The summed E-state index contributed by atoms with van der Waals surface area (Å²) in [5.41, 5.74) is 3.11. The van der Waals surface area contributed by atoms with Gasteiger partial charge in [-0.05, 0) is 228 Å². The molecule has 6 bridgehead atoms. The lowest BCUT2D eigenvalue weighted by molar-refractivity contribution is -0.141. The quantitative estimate of drug-likeness (QED) is 0.0956. The number of nitrogens with one attached hydrogen (secondary N) is 3. The van der Waals surface area contributed by atoms with Crippen LogP contribution in [0.4, 0.5) is 14.4 Å². The summed E-state index contributed by atoms with van der Waals surface area (Å²) < 4.78 is 72.5. The van der Waals surface area contributed by atoms with Crippen molar-refractivity contribution in [2.45, 2.75) is 365 Å². The average molecular weight is 2040 g/mol. The summed E-state index contributed by atoms with van der Waals surface area (Å²) in [7, 11) is 0. The van der Waals surface area contributed by atoms with Crippen LogP contribution in [0.5, 0.6) is 34.9 Å². The standard InChI is InChI=1S/C38H49N5O7.C38H51N5O7.C36H47N5O7/c1-20-17-39-32(48-20)19-47-24-12-13-27-29(16-24)41-35-28(40-27)11-9-7-8-10-25-26-14-23(26)15-30(25)50-37(46)42-34(38(4,5)6)36(45)43-18-31(49-35)21(2)33(43)22(3)44;1-22-19-39-31(48-22)21-47-26-15-16-27-29(18-26)41-34-28(40-27)14-10-8-9-12-25-13-11-17-38(25,7)50-36(46)42-33(37(4,5)6)35(45)43-20-30(49-34)23(2)32(43)24(3)44;1-20-17-37-29(46-20)19-45-24-13-14-25-27(15-24)39-32-26(38-25)12-10-8-9-11-23-16-36(23,7)48-34(44)40-31(35(4,5)6)33(43)41-18-28(47-32)21(2)30(41)22(3)42/h12-13,16-17,21,23,25-26,30-31,33-34H,7-11,14-15,18-19H2,1-6H3,(H,42,46);15-16,18-19,23,25,30,32-33H,8-14,17,20-21H2,1-7H3,(H,42,46);13-15,17,21,23,28,30-31H,8-12,16,18-19H2,1-7H3,(H,40,44)/t21-,23?,25-,26?,30-,31+,33+,34-;23-,25-,30+,32+,33-,38-;21-,23-,28+,30+,31-,36-/m111/s1. The molecular weight excluding hydrogens is 1890 g/mol. The zero-order valence-electron chi connectivity index (χ0n) is 89.4. The molecule has 9 aromatic rings. The van der Waals surface area contributed by atoms with Crippen LogP contribution in [0, 0.1) is 84.4 Å². The molecule has 3 saturated heterocycles. The van der Waals surface area contributed by atoms with Gasteiger partial charge >= 0.3 is 18.3 Å². The highest BCUT2D eigenvalue weighted by molar-refractivity contribution is 5.95. The van der Waals surface area contributed by atoms with Crippen LogP contribution in [0.15, 0.2) is 86.4 Å². The molecule has 0 radical (unpaired) electrons. The first-order chi connectivity index (χ1) is 70.3. The summed E-state index contributed by atoms with van der Waals surface area (Å²) in [6, 6.07) is 11.8. The third-order valence-corrected chi connectivity index (χ3v) is 31.8. The van der Waals surface area contributed by atoms with Gasteiger partial charge < -0.3 is 86.5 Å². The monoisotopic (exact) mass is 2040 g/mol. The first-order valence-corrected chi connectivity index (χ1v) is 53.2. The molecular formula is C112H147N15O21. The molecule has 2 unspecified atom stereocenters. The van der Waals surface area contributed by atoms with E-state index in [0.29, 0.717) is 134 Å². The first kappa shape index (κ1) is 107. The number of nitrogens with zero attached hydrogens (tertiary/aromatic N) is 12. The maximum Gasteiger partial charge on any atom is 0.408 e. The van der Waals surface area contributed by atoms with Crippen molar-refractivity contribution >= 4 is 86.5 Å². The number of ether oxygens (including phenoxy) is 9. The second-order valence-electron chi connectivity index (χ2n) is 46.5. The molecule has 6 aromatic heterocycles. The van der Waals surface area contributed by atoms with Crippen LogP contribution in [-0.2, 0) is 82.1 Å². The lowest BCUT2D eigenvalue weighted by atomic mass is 9.85. The molecule has 20 atom stereocenters. The second-order valence-corrected chi connectivity index (χ2v) is 46.5. The molecule has 6 amide bonds. The van der Waals surface area contributed by atoms with Crippen molar-refractivity contribution in [1.82, 2.24) is 75.5 Å². The van der Waals surface area contributed by atoms with E-state index in [2.05, 4.69) is 30.9 Å². The van der Waals surface area contributed by atoms with Crippen molar-refractivity contribution in [3.63, 3.8) is 0 Å². The van der Waals surface area contributed by atoms with E-state index >= 15 is 0 Å². The Bertz CT molecular complexity index is 6250. The molecule has 4 aliphatic carbocycles. The lowest BCUT2D eigenvalue weighted by Crippen LogP contribution is -2.57. The molecule has 10 aliphatic rings. The number of carbonyl (C=O) groups excluding carboxylic acids is 9. The van der Waals surface area contributed by atoms with Gasteiger partial charge in [-0.25, -0.2) is 59.2 Å².